The highest BCUT2D eigenvalue weighted by Gasteiger charge is 2.30. The number of phosphoric acid groups is 1. The van der Waals surface area contributed by atoms with Crippen LogP contribution in [-0.4, -0.2) is 4.89 Å². The SMILES string of the molecule is Cc1cc(C(C)(C)C)cc(C)c1OP(=O)(O)Oc1c(C)cc(C(C)(C)C)cc1C. The Hall–Kier alpha value is -1.77. The molecule has 0 heterocycles. The molecule has 160 valence electrons. The van der Waals surface area contributed by atoms with E-state index in [0.29, 0.717) is 11.5 Å². The molecule has 0 saturated carbocycles. The van der Waals surface area contributed by atoms with Crippen LogP contribution in [0, 0.1) is 27.7 Å². The Morgan fingerprint density at radius 1 is 0.655 bits per heavy atom. The summed E-state index contributed by atoms with van der Waals surface area (Å²) in [7, 11) is -4.36. The topological polar surface area (TPSA) is 55.8 Å². The second-order valence-electron chi connectivity index (χ2n) is 10.0. The van der Waals surface area contributed by atoms with Gasteiger partial charge in [-0.25, -0.2) is 4.57 Å². The van der Waals surface area contributed by atoms with E-state index in [1.165, 1.54) is 0 Å². The van der Waals surface area contributed by atoms with Gasteiger partial charge in [-0.3, -0.25) is 4.89 Å². The Bertz CT molecular complexity index is 840. The number of benzene rings is 2. The Morgan fingerprint density at radius 3 is 1.10 bits per heavy atom. The fourth-order valence-electron chi connectivity index (χ4n) is 3.30. The molecule has 0 bridgehead atoms. The van der Waals surface area contributed by atoms with Gasteiger partial charge in [-0.15, -0.1) is 0 Å². The fraction of sp³-hybridized carbons (Fsp3) is 0.500. The van der Waals surface area contributed by atoms with Crippen LogP contribution in [0.15, 0.2) is 24.3 Å². The monoisotopic (exact) mass is 418 g/mol. The zero-order valence-electron chi connectivity index (χ0n) is 19.4. The van der Waals surface area contributed by atoms with Crippen molar-refractivity contribution >= 4 is 7.82 Å². The number of hydrogen-bond acceptors (Lipinski definition) is 3. The molecule has 0 radical (unpaired) electrons. The maximum Gasteiger partial charge on any atom is 0.584 e. The summed E-state index contributed by atoms with van der Waals surface area (Å²) in [5.41, 5.74) is 5.51. The fourth-order valence-corrected chi connectivity index (χ4v) is 4.38. The highest BCUT2D eigenvalue weighted by atomic mass is 31.2. The normalized spacial score (nSPS) is 12.8. The first kappa shape index (κ1) is 23.5. The Kier molecular flexibility index (Phi) is 6.33. The third-order valence-corrected chi connectivity index (χ3v) is 5.89. The van der Waals surface area contributed by atoms with E-state index in [1.807, 2.05) is 52.0 Å². The van der Waals surface area contributed by atoms with Crippen molar-refractivity contribution in [1.29, 1.82) is 0 Å². The Labute approximate surface area is 175 Å². The lowest BCUT2D eigenvalue weighted by atomic mass is 9.85. The summed E-state index contributed by atoms with van der Waals surface area (Å²) in [6, 6.07) is 7.99. The van der Waals surface area contributed by atoms with Crippen molar-refractivity contribution in [2.75, 3.05) is 0 Å². The summed E-state index contributed by atoms with van der Waals surface area (Å²) < 4.78 is 23.9. The van der Waals surface area contributed by atoms with Crippen molar-refractivity contribution in [3.05, 3.63) is 57.6 Å². The minimum atomic E-state index is -4.36. The van der Waals surface area contributed by atoms with E-state index in [1.54, 1.807) is 0 Å². The summed E-state index contributed by atoms with van der Waals surface area (Å²) in [6.45, 7) is 20.3. The largest absolute Gasteiger partial charge is 0.584 e. The first-order valence-electron chi connectivity index (χ1n) is 9.97. The molecule has 2 aromatic rings. The van der Waals surface area contributed by atoms with E-state index in [2.05, 4.69) is 41.5 Å². The molecule has 0 fully saturated rings. The molecule has 4 nitrogen and oxygen atoms in total. The van der Waals surface area contributed by atoms with E-state index in [-0.39, 0.29) is 10.8 Å². The van der Waals surface area contributed by atoms with Gasteiger partial charge in [0.1, 0.15) is 11.5 Å². The van der Waals surface area contributed by atoms with Gasteiger partial charge in [-0.2, -0.15) is 0 Å². The molecule has 2 rings (SSSR count). The molecular weight excluding hydrogens is 383 g/mol. The highest BCUT2D eigenvalue weighted by Crippen LogP contribution is 2.48. The van der Waals surface area contributed by atoms with Gasteiger partial charge in [-0.1, -0.05) is 65.8 Å². The third kappa shape index (κ3) is 5.65. The standard InChI is InChI=1S/C24H35O4P/c1-15-11-19(23(5,6)7)12-16(2)21(15)27-29(25,26)28-22-17(3)13-20(14-18(22)4)24(8,9)10/h11-14H,1-10H3,(H,25,26). The van der Waals surface area contributed by atoms with Gasteiger partial charge in [0.05, 0.1) is 0 Å². The zero-order valence-corrected chi connectivity index (χ0v) is 20.3. The predicted molar refractivity (Wildman–Crippen MR) is 120 cm³/mol. The second kappa shape index (κ2) is 7.81. The van der Waals surface area contributed by atoms with Gasteiger partial charge < -0.3 is 9.05 Å². The number of phosphoric ester groups is 1. The summed E-state index contributed by atoms with van der Waals surface area (Å²) in [5, 5.41) is 0. The van der Waals surface area contributed by atoms with Crippen LogP contribution in [0.25, 0.3) is 0 Å². The van der Waals surface area contributed by atoms with Crippen molar-refractivity contribution in [2.45, 2.75) is 80.1 Å². The maximum atomic E-state index is 12.8. The first-order valence-corrected chi connectivity index (χ1v) is 11.5. The molecule has 0 aliphatic rings. The number of rotatable bonds is 4. The van der Waals surface area contributed by atoms with Crippen LogP contribution in [0.4, 0.5) is 0 Å². The summed E-state index contributed by atoms with van der Waals surface area (Å²) in [4.78, 5) is 10.5. The maximum absolute atomic E-state index is 12.8. The van der Waals surface area contributed by atoms with Gasteiger partial charge in [0, 0.05) is 0 Å². The van der Waals surface area contributed by atoms with Gasteiger partial charge in [0.2, 0.25) is 0 Å². The van der Waals surface area contributed by atoms with Gasteiger partial charge in [-0.05, 0) is 71.9 Å². The summed E-state index contributed by atoms with van der Waals surface area (Å²) >= 11 is 0. The summed E-state index contributed by atoms with van der Waals surface area (Å²) in [5.74, 6) is 0.788. The molecule has 0 saturated heterocycles. The van der Waals surface area contributed by atoms with Crippen molar-refractivity contribution < 1.29 is 18.5 Å². The molecule has 29 heavy (non-hydrogen) atoms. The van der Waals surface area contributed by atoms with Crippen LogP contribution in [0.5, 0.6) is 11.5 Å². The molecular formula is C24H35O4P. The van der Waals surface area contributed by atoms with E-state index in [9.17, 15) is 9.46 Å². The number of aryl methyl sites for hydroxylation is 4. The third-order valence-electron chi connectivity index (χ3n) is 5.07. The molecule has 1 N–H and O–H groups in total. The van der Waals surface area contributed by atoms with Crippen LogP contribution in [0.1, 0.15) is 74.9 Å². The molecule has 0 aromatic heterocycles. The van der Waals surface area contributed by atoms with Gasteiger partial charge in [0.15, 0.2) is 0 Å². The van der Waals surface area contributed by atoms with E-state index in [4.69, 9.17) is 9.05 Å². The van der Waals surface area contributed by atoms with Crippen LogP contribution < -0.4 is 9.05 Å². The second-order valence-corrected chi connectivity index (χ2v) is 11.3. The average Bonchev–Trinajstić information content (AvgIpc) is 2.52. The Balaban J connectivity index is 2.36. The lowest BCUT2D eigenvalue weighted by Crippen LogP contribution is -2.13. The highest BCUT2D eigenvalue weighted by molar-refractivity contribution is 7.48. The van der Waals surface area contributed by atoms with E-state index in [0.717, 1.165) is 33.4 Å². The van der Waals surface area contributed by atoms with Crippen LogP contribution in [0.3, 0.4) is 0 Å². The molecule has 0 atom stereocenters. The molecule has 0 unspecified atom stereocenters. The Morgan fingerprint density at radius 2 is 0.897 bits per heavy atom. The van der Waals surface area contributed by atoms with Crippen molar-refractivity contribution in [2.24, 2.45) is 0 Å². The van der Waals surface area contributed by atoms with Gasteiger partial charge in [0.25, 0.3) is 0 Å². The molecule has 0 aliphatic heterocycles. The smallest absolute Gasteiger partial charge is 0.395 e. The molecule has 2 aromatic carbocycles. The minimum Gasteiger partial charge on any atom is -0.395 e. The van der Waals surface area contributed by atoms with Crippen LogP contribution >= 0.6 is 7.82 Å². The lowest BCUT2D eigenvalue weighted by molar-refractivity contribution is 0.288. The molecule has 0 amide bonds. The van der Waals surface area contributed by atoms with Crippen molar-refractivity contribution in [1.82, 2.24) is 0 Å². The quantitative estimate of drug-likeness (QED) is 0.539. The van der Waals surface area contributed by atoms with Crippen LogP contribution in [0.2, 0.25) is 0 Å². The average molecular weight is 419 g/mol. The lowest BCUT2D eigenvalue weighted by Gasteiger charge is -2.24. The molecule has 5 heteroatoms. The van der Waals surface area contributed by atoms with Crippen molar-refractivity contribution in [3.63, 3.8) is 0 Å². The predicted octanol–water partition coefficient (Wildman–Crippen LogP) is 7.07. The van der Waals surface area contributed by atoms with E-state index < -0.39 is 7.82 Å². The number of hydrogen-bond donors (Lipinski definition) is 1. The zero-order chi connectivity index (χ0) is 22.4. The minimum absolute atomic E-state index is 0.0174. The first-order chi connectivity index (χ1) is 13.0. The van der Waals surface area contributed by atoms with Gasteiger partial charge >= 0.3 is 7.82 Å². The molecule has 0 aliphatic carbocycles. The van der Waals surface area contributed by atoms with Crippen LogP contribution in [-0.2, 0) is 15.4 Å². The summed E-state index contributed by atoms with van der Waals surface area (Å²) in [6.07, 6.45) is 0. The van der Waals surface area contributed by atoms with E-state index >= 15 is 0 Å². The molecule has 0 spiro atoms. The van der Waals surface area contributed by atoms with Crippen molar-refractivity contribution in [3.8, 4) is 11.5 Å².